The first-order chi connectivity index (χ1) is 14.4. The molecule has 0 aliphatic heterocycles. The first-order valence-electron chi connectivity index (χ1n) is 8.77. The number of amides is 1. The molecule has 1 amide bonds. The Bertz CT molecular complexity index is 1190. The summed E-state index contributed by atoms with van der Waals surface area (Å²) in [4.78, 5) is 12.4. The van der Waals surface area contributed by atoms with Gasteiger partial charge in [0.2, 0.25) is 0 Å². The molecule has 0 bridgehead atoms. The van der Waals surface area contributed by atoms with E-state index in [1.807, 2.05) is 6.07 Å². The van der Waals surface area contributed by atoms with E-state index in [9.17, 15) is 14.4 Å². The molecule has 0 aliphatic carbocycles. The van der Waals surface area contributed by atoms with Crippen LogP contribution in [0.2, 0.25) is 15.1 Å². The van der Waals surface area contributed by atoms with Gasteiger partial charge in [0.15, 0.2) is 0 Å². The molecule has 3 nitrogen and oxygen atoms in total. The van der Waals surface area contributed by atoms with Gasteiger partial charge in [-0.05, 0) is 53.1 Å². The molecule has 0 spiro atoms. The molecule has 1 N–H and O–H groups in total. The van der Waals surface area contributed by atoms with Gasteiger partial charge < -0.3 is 5.32 Å². The molecule has 0 fully saturated rings. The molecule has 150 valence electrons. The molecule has 30 heavy (non-hydrogen) atoms. The molecule has 0 radical (unpaired) electrons. The summed E-state index contributed by atoms with van der Waals surface area (Å²) in [6.45, 7) is 0. The molecule has 0 aromatic heterocycles. The molecule has 0 atom stereocenters. The molecule has 0 unspecified atom stereocenters. The van der Waals surface area contributed by atoms with Crippen LogP contribution in [0.5, 0.6) is 0 Å². The molecule has 0 heterocycles. The van der Waals surface area contributed by atoms with Crippen LogP contribution in [0, 0.1) is 17.1 Å². The molecule has 0 saturated carbocycles. The van der Waals surface area contributed by atoms with Crippen LogP contribution < -0.4 is 5.32 Å². The zero-order valence-corrected chi connectivity index (χ0v) is 17.7. The van der Waals surface area contributed by atoms with Crippen molar-refractivity contribution in [2.24, 2.45) is 0 Å². The average Bonchev–Trinajstić information content (AvgIpc) is 2.72. The van der Waals surface area contributed by atoms with Gasteiger partial charge in [-0.15, -0.1) is 0 Å². The van der Waals surface area contributed by atoms with Crippen LogP contribution >= 0.6 is 34.8 Å². The van der Waals surface area contributed by atoms with E-state index < -0.39 is 5.91 Å². The van der Waals surface area contributed by atoms with Crippen LogP contribution in [-0.4, -0.2) is 5.91 Å². The highest BCUT2D eigenvalue weighted by molar-refractivity contribution is 6.42. The van der Waals surface area contributed by atoms with Crippen LogP contribution in [0.15, 0.2) is 66.2 Å². The van der Waals surface area contributed by atoms with Gasteiger partial charge in [-0.2, -0.15) is 5.26 Å². The third-order valence-corrected chi connectivity index (χ3v) is 5.36. The summed E-state index contributed by atoms with van der Waals surface area (Å²) in [5.41, 5.74) is 2.13. The van der Waals surface area contributed by atoms with E-state index in [4.69, 9.17) is 34.8 Å². The predicted octanol–water partition coefficient (Wildman–Crippen LogP) is 6.92. The van der Waals surface area contributed by atoms with E-state index in [-0.39, 0.29) is 16.4 Å². The number of nitrogens with zero attached hydrogens (tertiary/aromatic N) is 1. The molecular formula is C23H14Cl3FN2O. The Balaban J connectivity index is 1.79. The number of rotatable bonds is 5. The highest BCUT2D eigenvalue weighted by atomic mass is 35.5. The Kier molecular flexibility index (Phi) is 7.12. The van der Waals surface area contributed by atoms with Gasteiger partial charge >= 0.3 is 0 Å². The minimum Gasteiger partial charge on any atom is -0.321 e. The third-order valence-electron chi connectivity index (χ3n) is 4.27. The maximum atomic E-state index is 13.9. The Morgan fingerprint density at radius 3 is 2.40 bits per heavy atom. The number of hydrogen-bond acceptors (Lipinski definition) is 2. The molecule has 3 aromatic carbocycles. The SMILES string of the molecule is N#C/C(=C\c1ccc(Cc2ccccc2F)c(Cl)c1)C(=O)Nc1ccc(Cl)c(Cl)c1. The number of hydrogen-bond donors (Lipinski definition) is 1. The van der Waals surface area contributed by atoms with Crippen LogP contribution in [-0.2, 0) is 11.2 Å². The second kappa shape index (κ2) is 9.77. The standard InChI is InChI=1S/C23H14Cl3FN2O/c24-19-8-7-18(12-21(19)26)29-23(30)17(13-28)9-14-5-6-15(20(25)10-14)11-16-3-1-2-4-22(16)27/h1-10,12H,11H2,(H,29,30)/b17-9+. The van der Waals surface area contributed by atoms with Crippen molar-refractivity contribution < 1.29 is 9.18 Å². The number of carbonyl (C=O) groups is 1. The first kappa shape index (κ1) is 21.9. The summed E-state index contributed by atoms with van der Waals surface area (Å²) in [6.07, 6.45) is 1.75. The third kappa shape index (κ3) is 5.40. The van der Waals surface area contributed by atoms with Gasteiger partial charge in [0.25, 0.3) is 5.91 Å². The fraction of sp³-hybridized carbons (Fsp3) is 0.0435. The molecule has 7 heteroatoms. The van der Waals surface area contributed by atoms with Crippen LogP contribution in [0.1, 0.15) is 16.7 Å². The lowest BCUT2D eigenvalue weighted by molar-refractivity contribution is -0.112. The van der Waals surface area contributed by atoms with Crippen molar-refractivity contribution in [1.29, 1.82) is 5.26 Å². The lowest BCUT2D eigenvalue weighted by Gasteiger charge is -2.08. The summed E-state index contributed by atoms with van der Waals surface area (Å²) in [7, 11) is 0. The number of carbonyl (C=O) groups excluding carboxylic acids is 1. The summed E-state index contributed by atoms with van der Waals surface area (Å²) < 4.78 is 13.9. The summed E-state index contributed by atoms with van der Waals surface area (Å²) in [5, 5.41) is 13.0. The van der Waals surface area contributed by atoms with E-state index in [0.717, 1.165) is 5.56 Å². The van der Waals surface area contributed by atoms with Crippen LogP contribution in [0.4, 0.5) is 10.1 Å². The number of anilines is 1. The second-order valence-electron chi connectivity index (χ2n) is 6.37. The van der Waals surface area contributed by atoms with Crippen LogP contribution in [0.25, 0.3) is 6.08 Å². The van der Waals surface area contributed by atoms with Crippen molar-refractivity contribution in [2.45, 2.75) is 6.42 Å². The van der Waals surface area contributed by atoms with Crippen molar-refractivity contribution in [3.63, 3.8) is 0 Å². The molecular weight excluding hydrogens is 446 g/mol. The summed E-state index contributed by atoms with van der Waals surface area (Å²) >= 11 is 18.1. The van der Waals surface area contributed by atoms with Gasteiger partial charge in [0.1, 0.15) is 17.5 Å². The minimum atomic E-state index is -0.595. The molecule has 0 saturated heterocycles. The van der Waals surface area contributed by atoms with Crippen molar-refractivity contribution in [3.05, 3.63) is 104 Å². The van der Waals surface area contributed by atoms with E-state index in [1.165, 1.54) is 18.2 Å². The highest BCUT2D eigenvalue weighted by Crippen LogP contribution is 2.26. The normalized spacial score (nSPS) is 11.1. The first-order valence-corrected chi connectivity index (χ1v) is 9.91. The molecule has 3 rings (SSSR count). The fourth-order valence-electron chi connectivity index (χ4n) is 2.73. The van der Waals surface area contributed by atoms with Crippen molar-refractivity contribution in [1.82, 2.24) is 0 Å². The maximum absolute atomic E-state index is 13.9. The Morgan fingerprint density at radius 2 is 1.73 bits per heavy atom. The van der Waals surface area contributed by atoms with Gasteiger partial charge in [0.05, 0.1) is 10.0 Å². The number of nitrogens with one attached hydrogen (secondary N) is 1. The van der Waals surface area contributed by atoms with Gasteiger partial charge in [-0.3, -0.25) is 4.79 Å². The molecule has 3 aromatic rings. The van der Waals surface area contributed by atoms with Crippen LogP contribution in [0.3, 0.4) is 0 Å². The monoisotopic (exact) mass is 458 g/mol. The minimum absolute atomic E-state index is 0.112. The van der Waals surface area contributed by atoms with Gasteiger partial charge in [-0.1, -0.05) is 65.1 Å². The average molecular weight is 460 g/mol. The van der Waals surface area contributed by atoms with Crippen molar-refractivity contribution in [2.75, 3.05) is 5.32 Å². The maximum Gasteiger partial charge on any atom is 0.266 e. The summed E-state index contributed by atoms with van der Waals surface area (Å²) in [5.74, 6) is -0.897. The number of halogens is 4. The molecule has 0 aliphatic rings. The van der Waals surface area contributed by atoms with Gasteiger partial charge in [0, 0.05) is 17.1 Å². The Morgan fingerprint density at radius 1 is 0.967 bits per heavy atom. The van der Waals surface area contributed by atoms with E-state index in [1.54, 1.807) is 48.5 Å². The lowest BCUT2D eigenvalue weighted by atomic mass is 10.0. The van der Waals surface area contributed by atoms with Gasteiger partial charge in [-0.25, -0.2) is 4.39 Å². The lowest BCUT2D eigenvalue weighted by Crippen LogP contribution is -2.13. The zero-order valence-electron chi connectivity index (χ0n) is 15.4. The number of nitriles is 1. The Hall–Kier alpha value is -2.84. The summed E-state index contributed by atoms with van der Waals surface area (Å²) in [6, 6.07) is 18.0. The highest BCUT2D eigenvalue weighted by Gasteiger charge is 2.12. The van der Waals surface area contributed by atoms with Crippen molar-refractivity contribution in [3.8, 4) is 6.07 Å². The largest absolute Gasteiger partial charge is 0.321 e. The second-order valence-corrected chi connectivity index (χ2v) is 7.59. The zero-order chi connectivity index (χ0) is 21.7. The predicted molar refractivity (Wildman–Crippen MR) is 119 cm³/mol. The topological polar surface area (TPSA) is 52.9 Å². The van der Waals surface area contributed by atoms with Crippen molar-refractivity contribution >= 4 is 52.5 Å². The van der Waals surface area contributed by atoms with E-state index >= 15 is 0 Å². The smallest absolute Gasteiger partial charge is 0.266 e. The fourth-order valence-corrected chi connectivity index (χ4v) is 3.29. The van der Waals surface area contributed by atoms with E-state index in [0.29, 0.717) is 33.3 Å². The number of benzene rings is 3. The van der Waals surface area contributed by atoms with E-state index in [2.05, 4.69) is 5.32 Å². The quantitative estimate of drug-likeness (QED) is 0.332. The Labute approximate surface area is 188 Å².